The van der Waals surface area contributed by atoms with E-state index in [1.165, 1.54) is 24.1 Å². The van der Waals surface area contributed by atoms with Gasteiger partial charge in [-0.05, 0) is 29.3 Å². The Morgan fingerprint density at radius 3 is 2.56 bits per heavy atom. The molecule has 0 bridgehead atoms. The number of primary sulfonamides is 1. The van der Waals surface area contributed by atoms with E-state index in [4.69, 9.17) is 9.88 Å². The van der Waals surface area contributed by atoms with Crippen LogP contribution in [0.25, 0.3) is 0 Å². The van der Waals surface area contributed by atoms with Crippen LogP contribution in [0.1, 0.15) is 27.4 Å². The molecule has 1 heterocycles. The van der Waals surface area contributed by atoms with Gasteiger partial charge in [-0.3, -0.25) is 9.59 Å². The molecule has 1 unspecified atom stereocenters. The molecule has 1 aliphatic heterocycles. The van der Waals surface area contributed by atoms with Gasteiger partial charge in [-0.15, -0.1) is 0 Å². The fraction of sp³-hybridized carbons (Fsp3) is 0.222. The number of carbonyl (C=O) groups excluding carboxylic acids is 1. The minimum absolute atomic E-state index is 0.00699. The van der Waals surface area contributed by atoms with Gasteiger partial charge in [-0.1, -0.05) is 24.3 Å². The summed E-state index contributed by atoms with van der Waals surface area (Å²) < 4.78 is 28.4. The molecular weight excluding hydrogens is 372 g/mol. The number of fused-ring (bicyclic) bond motifs is 1. The van der Waals surface area contributed by atoms with Crippen molar-refractivity contribution in [2.24, 2.45) is 5.14 Å². The molecule has 3 N–H and O–H groups in total. The van der Waals surface area contributed by atoms with Crippen LogP contribution < -0.4 is 9.88 Å². The Morgan fingerprint density at radius 2 is 1.93 bits per heavy atom. The first-order chi connectivity index (χ1) is 12.7. The highest BCUT2D eigenvalue weighted by Crippen LogP contribution is 2.31. The number of ether oxygens (including phenoxy) is 1. The van der Waals surface area contributed by atoms with Gasteiger partial charge in [-0.2, -0.15) is 0 Å². The highest BCUT2D eigenvalue weighted by molar-refractivity contribution is 7.89. The highest BCUT2D eigenvalue weighted by Gasteiger charge is 2.33. The summed E-state index contributed by atoms with van der Waals surface area (Å²) in [4.78, 5) is 25.9. The number of sulfonamides is 1. The van der Waals surface area contributed by atoms with Crippen LogP contribution in [0.2, 0.25) is 0 Å². The number of hydrogen-bond donors (Lipinski definition) is 2. The van der Waals surface area contributed by atoms with Crippen molar-refractivity contribution in [1.82, 2.24) is 4.90 Å². The average Bonchev–Trinajstić information content (AvgIpc) is 2.65. The van der Waals surface area contributed by atoms with E-state index < -0.39 is 27.8 Å². The lowest BCUT2D eigenvalue weighted by molar-refractivity contribution is -0.139. The molecule has 27 heavy (non-hydrogen) atoms. The maximum Gasteiger partial charge on any atom is 0.312 e. The Balaban J connectivity index is 2.03. The Labute approximate surface area is 156 Å². The van der Waals surface area contributed by atoms with E-state index in [0.717, 1.165) is 11.6 Å². The molecule has 0 saturated heterocycles. The second kappa shape index (κ2) is 7.01. The normalized spacial score (nSPS) is 16.5. The summed E-state index contributed by atoms with van der Waals surface area (Å²) in [6.07, 6.45) is 0. The van der Waals surface area contributed by atoms with Crippen molar-refractivity contribution in [1.29, 1.82) is 0 Å². The lowest BCUT2D eigenvalue weighted by Crippen LogP contribution is -2.40. The highest BCUT2D eigenvalue weighted by atomic mass is 32.2. The molecule has 0 fully saturated rings. The minimum Gasteiger partial charge on any atom is -0.496 e. The van der Waals surface area contributed by atoms with Crippen LogP contribution >= 0.6 is 0 Å². The van der Waals surface area contributed by atoms with Crippen LogP contribution in [0, 0.1) is 0 Å². The Morgan fingerprint density at radius 1 is 1.22 bits per heavy atom. The summed E-state index contributed by atoms with van der Waals surface area (Å²) >= 11 is 0. The number of nitrogens with two attached hydrogens (primary N) is 1. The van der Waals surface area contributed by atoms with Crippen molar-refractivity contribution in [2.45, 2.75) is 17.4 Å². The number of carboxylic acid groups (broad SMARTS) is 1. The molecule has 0 aliphatic carbocycles. The third-order valence-corrected chi connectivity index (χ3v) is 5.42. The molecule has 2 aromatic carbocycles. The van der Waals surface area contributed by atoms with Gasteiger partial charge >= 0.3 is 5.97 Å². The quantitative estimate of drug-likeness (QED) is 0.807. The first-order valence-corrected chi connectivity index (χ1v) is 9.57. The molecule has 8 nitrogen and oxygen atoms in total. The molecule has 2 aromatic rings. The number of aliphatic carboxylic acids is 1. The van der Waals surface area contributed by atoms with Gasteiger partial charge in [-0.25, -0.2) is 13.6 Å². The molecule has 142 valence electrons. The number of rotatable bonds is 4. The van der Waals surface area contributed by atoms with Crippen molar-refractivity contribution in [3.05, 3.63) is 59.2 Å². The topological polar surface area (TPSA) is 127 Å². The molecule has 0 spiro atoms. The van der Waals surface area contributed by atoms with E-state index in [-0.39, 0.29) is 29.3 Å². The molecule has 9 heteroatoms. The van der Waals surface area contributed by atoms with Crippen LogP contribution in [0.4, 0.5) is 0 Å². The van der Waals surface area contributed by atoms with Gasteiger partial charge in [0.1, 0.15) is 5.75 Å². The average molecular weight is 390 g/mol. The first-order valence-electron chi connectivity index (χ1n) is 8.03. The van der Waals surface area contributed by atoms with E-state index >= 15 is 0 Å². The number of hydrogen-bond acceptors (Lipinski definition) is 5. The van der Waals surface area contributed by atoms with Gasteiger partial charge < -0.3 is 14.7 Å². The zero-order valence-electron chi connectivity index (χ0n) is 14.5. The third-order valence-electron chi connectivity index (χ3n) is 4.51. The number of carboxylic acids is 1. The van der Waals surface area contributed by atoms with E-state index in [0.29, 0.717) is 5.56 Å². The lowest BCUT2D eigenvalue weighted by atomic mass is 9.89. The summed E-state index contributed by atoms with van der Waals surface area (Å²) in [7, 11) is -2.65. The van der Waals surface area contributed by atoms with Crippen molar-refractivity contribution >= 4 is 21.9 Å². The fourth-order valence-electron chi connectivity index (χ4n) is 3.17. The molecule has 0 saturated carbocycles. The monoisotopic (exact) mass is 390 g/mol. The van der Waals surface area contributed by atoms with E-state index in [9.17, 15) is 23.1 Å². The van der Waals surface area contributed by atoms with Gasteiger partial charge in [0, 0.05) is 13.1 Å². The van der Waals surface area contributed by atoms with Crippen LogP contribution in [-0.4, -0.2) is 44.0 Å². The third kappa shape index (κ3) is 3.64. The Bertz CT molecular complexity index is 1020. The van der Waals surface area contributed by atoms with Gasteiger partial charge in [0.15, 0.2) is 0 Å². The van der Waals surface area contributed by atoms with Crippen LogP contribution in [-0.2, 0) is 21.4 Å². The molecule has 0 aromatic heterocycles. The van der Waals surface area contributed by atoms with Gasteiger partial charge in [0.2, 0.25) is 10.0 Å². The summed E-state index contributed by atoms with van der Waals surface area (Å²) in [5.74, 6) is -2.26. The summed E-state index contributed by atoms with van der Waals surface area (Å²) in [5, 5.41) is 14.7. The first kappa shape index (κ1) is 18.9. The number of methoxy groups -OCH3 is 1. The lowest BCUT2D eigenvalue weighted by Gasteiger charge is -2.33. The Hall–Kier alpha value is -2.91. The van der Waals surface area contributed by atoms with Crippen LogP contribution in [0.3, 0.4) is 0 Å². The number of benzene rings is 2. The van der Waals surface area contributed by atoms with Crippen LogP contribution in [0.5, 0.6) is 5.75 Å². The molecule has 3 rings (SSSR count). The van der Waals surface area contributed by atoms with Crippen molar-refractivity contribution in [3.63, 3.8) is 0 Å². The standard InChI is InChI=1S/C18H18N2O6S/c1-26-16-7-6-12(27(19,24)25)8-14(16)17(21)20-9-11-4-2-3-5-13(11)15(10-20)18(22)23/h2-8,15H,9-10H2,1H3,(H,22,23)(H2,19,24,25). The predicted molar refractivity (Wildman–Crippen MR) is 95.9 cm³/mol. The maximum absolute atomic E-state index is 13.1. The minimum atomic E-state index is -4.01. The number of amides is 1. The molecule has 0 radical (unpaired) electrons. The largest absolute Gasteiger partial charge is 0.496 e. The van der Waals surface area contributed by atoms with Gasteiger partial charge in [0.25, 0.3) is 5.91 Å². The van der Waals surface area contributed by atoms with Crippen molar-refractivity contribution in [3.8, 4) is 5.75 Å². The van der Waals surface area contributed by atoms with E-state index in [1.54, 1.807) is 24.3 Å². The zero-order valence-corrected chi connectivity index (χ0v) is 15.3. The molecule has 1 atom stereocenters. The smallest absolute Gasteiger partial charge is 0.312 e. The SMILES string of the molecule is COc1ccc(S(N)(=O)=O)cc1C(=O)N1Cc2ccccc2C(C(=O)O)C1. The summed E-state index contributed by atoms with van der Waals surface area (Å²) in [6, 6.07) is 10.8. The van der Waals surface area contributed by atoms with Crippen molar-refractivity contribution in [2.75, 3.05) is 13.7 Å². The maximum atomic E-state index is 13.1. The van der Waals surface area contributed by atoms with Crippen LogP contribution in [0.15, 0.2) is 47.4 Å². The zero-order chi connectivity index (χ0) is 19.8. The number of carbonyl (C=O) groups is 2. The van der Waals surface area contributed by atoms with E-state index in [2.05, 4.69) is 0 Å². The molecular formula is C18H18N2O6S. The van der Waals surface area contributed by atoms with Crippen molar-refractivity contribution < 1.29 is 27.9 Å². The predicted octanol–water partition coefficient (Wildman–Crippen LogP) is 1.17. The Kier molecular flexibility index (Phi) is 4.90. The van der Waals surface area contributed by atoms with Gasteiger partial charge in [0.05, 0.1) is 23.5 Å². The van der Waals surface area contributed by atoms with E-state index in [1.807, 2.05) is 0 Å². The summed E-state index contributed by atoms with van der Waals surface area (Å²) in [6.45, 7) is 0.176. The second-order valence-corrected chi connectivity index (χ2v) is 7.74. The second-order valence-electron chi connectivity index (χ2n) is 6.18. The molecule has 1 aliphatic rings. The number of nitrogens with zero attached hydrogens (tertiary/aromatic N) is 1. The molecule has 1 amide bonds. The summed E-state index contributed by atoms with van der Waals surface area (Å²) in [5.41, 5.74) is 1.40. The fourth-order valence-corrected chi connectivity index (χ4v) is 3.71.